The minimum absolute atomic E-state index is 0.0758. The van der Waals surface area contributed by atoms with Crippen LogP contribution in [0.3, 0.4) is 0 Å². The molecule has 3 aliphatic rings. The lowest BCUT2D eigenvalue weighted by Crippen LogP contribution is -2.19. The lowest BCUT2D eigenvalue weighted by Gasteiger charge is -2.17. The van der Waals surface area contributed by atoms with Crippen molar-refractivity contribution in [3.8, 4) is 17.1 Å². The van der Waals surface area contributed by atoms with Gasteiger partial charge in [0.25, 0.3) is 5.56 Å². The largest absolute Gasteiger partial charge is 0.324 e. The van der Waals surface area contributed by atoms with Gasteiger partial charge in [-0.3, -0.25) is 9.48 Å². The number of benzene rings is 1. The Hall–Kier alpha value is -2.87. The summed E-state index contributed by atoms with van der Waals surface area (Å²) in [6.45, 7) is 0.892. The third-order valence-corrected chi connectivity index (χ3v) is 6.34. The van der Waals surface area contributed by atoms with E-state index in [9.17, 15) is 4.79 Å². The van der Waals surface area contributed by atoms with Gasteiger partial charge in [0.05, 0.1) is 11.9 Å². The third kappa shape index (κ3) is 3.37. The summed E-state index contributed by atoms with van der Waals surface area (Å²) in [4.78, 5) is 18.1. The third-order valence-electron chi connectivity index (χ3n) is 5.29. The molecule has 2 aromatic rings. The zero-order valence-electron chi connectivity index (χ0n) is 16.3. The average molecular weight is 407 g/mol. The highest BCUT2D eigenvalue weighted by atomic mass is 32.2. The van der Waals surface area contributed by atoms with Crippen molar-refractivity contribution >= 4 is 11.8 Å². The van der Waals surface area contributed by atoms with Gasteiger partial charge < -0.3 is 4.57 Å². The van der Waals surface area contributed by atoms with Crippen molar-refractivity contribution < 1.29 is 0 Å². The van der Waals surface area contributed by atoms with E-state index < -0.39 is 0 Å². The van der Waals surface area contributed by atoms with Gasteiger partial charge in [-0.1, -0.05) is 36.4 Å². The zero-order valence-corrected chi connectivity index (χ0v) is 17.1. The topological polar surface area (TPSA) is 70.5 Å². The number of rotatable bonds is 4. The van der Waals surface area contributed by atoms with Crippen molar-refractivity contribution in [2.24, 2.45) is 7.05 Å². The van der Waals surface area contributed by atoms with E-state index in [0.717, 1.165) is 60.1 Å². The first kappa shape index (κ1) is 18.2. The number of aromatic nitrogens is 6. The molecule has 5 rings (SSSR count). The smallest absolute Gasteiger partial charge is 0.284 e. The van der Waals surface area contributed by atoms with Crippen LogP contribution in [-0.4, -0.2) is 29.1 Å². The standard InChI is InChI=1S/C21H22N6OS/c1-25-13-15(12-22-25)14-29-21-23-19-18(17-10-6-3-7-11-26(17)21)20(28)27(24-19)16-8-4-2-5-9-16/h2,4-5,8-9,12-13H,3,6-7,10-11,14H2,1H3. The fraction of sp³-hybridized carbons (Fsp3) is 0.333. The first-order chi connectivity index (χ1) is 14.2. The highest BCUT2D eigenvalue weighted by molar-refractivity contribution is 7.98. The van der Waals surface area contributed by atoms with E-state index in [1.165, 1.54) is 4.68 Å². The van der Waals surface area contributed by atoms with Crippen molar-refractivity contribution in [2.75, 3.05) is 0 Å². The fourth-order valence-electron chi connectivity index (χ4n) is 3.90. The molecular formula is C21H22N6OS. The van der Waals surface area contributed by atoms with Gasteiger partial charge in [0.15, 0.2) is 11.0 Å². The Labute approximate surface area is 172 Å². The van der Waals surface area contributed by atoms with Gasteiger partial charge in [0.1, 0.15) is 5.56 Å². The summed E-state index contributed by atoms with van der Waals surface area (Å²) in [5, 5.41) is 9.77. The Morgan fingerprint density at radius 3 is 2.79 bits per heavy atom. The molecule has 0 spiro atoms. The molecule has 29 heavy (non-hydrogen) atoms. The summed E-state index contributed by atoms with van der Waals surface area (Å²) in [6, 6.07) is 9.57. The Balaban J connectivity index is 1.63. The van der Waals surface area contributed by atoms with E-state index in [-0.39, 0.29) is 5.56 Å². The van der Waals surface area contributed by atoms with E-state index in [1.807, 2.05) is 54.5 Å². The summed E-state index contributed by atoms with van der Waals surface area (Å²) in [6.07, 6.45) is 8.14. The van der Waals surface area contributed by atoms with Crippen molar-refractivity contribution in [1.29, 1.82) is 0 Å². The van der Waals surface area contributed by atoms with Gasteiger partial charge in [-0.25, -0.2) is 4.98 Å². The predicted molar refractivity (Wildman–Crippen MR) is 113 cm³/mol. The molecule has 1 aromatic carbocycles. The molecule has 0 amide bonds. The van der Waals surface area contributed by atoms with Crippen LogP contribution in [0.25, 0.3) is 17.1 Å². The molecule has 0 bridgehead atoms. The molecule has 1 aromatic heterocycles. The van der Waals surface area contributed by atoms with Crippen molar-refractivity contribution in [3.05, 3.63) is 64.3 Å². The van der Waals surface area contributed by atoms with Crippen LogP contribution in [0.5, 0.6) is 0 Å². The Kier molecular flexibility index (Phi) is 4.71. The molecule has 3 aliphatic heterocycles. The zero-order chi connectivity index (χ0) is 19.8. The van der Waals surface area contributed by atoms with E-state index in [4.69, 9.17) is 4.98 Å². The van der Waals surface area contributed by atoms with Gasteiger partial charge in [0.2, 0.25) is 0 Å². The first-order valence-electron chi connectivity index (χ1n) is 9.89. The highest BCUT2D eigenvalue weighted by Crippen LogP contribution is 2.31. The summed E-state index contributed by atoms with van der Waals surface area (Å²) in [5.41, 5.74) is 3.59. The molecule has 0 aliphatic carbocycles. The molecule has 7 nitrogen and oxygen atoms in total. The molecule has 0 atom stereocenters. The minimum atomic E-state index is -0.0758. The van der Waals surface area contributed by atoms with Gasteiger partial charge in [0, 0.05) is 36.8 Å². The Bertz CT molecular complexity index is 1180. The monoisotopic (exact) mass is 406 g/mol. The van der Waals surface area contributed by atoms with E-state index >= 15 is 0 Å². The minimum Gasteiger partial charge on any atom is -0.324 e. The van der Waals surface area contributed by atoms with Crippen molar-refractivity contribution in [3.63, 3.8) is 0 Å². The number of hydrogen-bond donors (Lipinski definition) is 0. The van der Waals surface area contributed by atoms with Crippen LogP contribution in [0.4, 0.5) is 0 Å². The molecule has 0 N–H and O–H groups in total. The number of aryl methyl sites for hydroxylation is 1. The Morgan fingerprint density at radius 2 is 2.00 bits per heavy atom. The number of para-hydroxylation sites is 1. The average Bonchev–Trinajstić information content (AvgIpc) is 3.20. The first-order valence-corrected chi connectivity index (χ1v) is 10.9. The van der Waals surface area contributed by atoms with Crippen LogP contribution in [0.15, 0.2) is 52.7 Å². The van der Waals surface area contributed by atoms with Gasteiger partial charge >= 0.3 is 0 Å². The van der Waals surface area contributed by atoms with Gasteiger partial charge in [-0.15, -0.1) is 5.10 Å². The lowest BCUT2D eigenvalue weighted by molar-refractivity contribution is 0.571. The summed E-state index contributed by atoms with van der Waals surface area (Å²) < 4.78 is 5.54. The SMILES string of the molecule is Cn1cc(CSc2nc3nn(-c4ccccc4)c(=O)c-3c3n2CCCCC3)cn1. The second kappa shape index (κ2) is 7.51. The van der Waals surface area contributed by atoms with Gasteiger partial charge in [-0.05, 0) is 31.4 Å². The van der Waals surface area contributed by atoms with Gasteiger partial charge in [-0.2, -0.15) is 9.78 Å². The molecule has 148 valence electrons. The predicted octanol–water partition coefficient (Wildman–Crippen LogP) is 3.29. The van der Waals surface area contributed by atoms with E-state index in [2.05, 4.69) is 14.8 Å². The summed E-state index contributed by atoms with van der Waals surface area (Å²) in [5.74, 6) is 1.33. The maximum absolute atomic E-state index is 13.2. The highest BCUT2D eigenvalue weighted by Gasteiger charge is 2.27. The summed E-state index contributed by atoms with van der Waals surface area (Å²) in [7, 11) is 1.92. The summed E-state index contributed by atoms with van der Waals surface area (Å²) >= 11 is 1.68. The normalized spacial score (nSPS) is 14.1. The molecule has 0 saturated heterocycles. The fourth-order valence-corrected chi connectivity index (χ4v) is 4.86. The molecule has 0 unspecified atom stereocenters. The van der Waals surface area contributed by atoms with Crippen molar-refractivity contribution in [1.82, 2.24) is 29.1 Å². The van der Waals surface area contributed by atoms with Crippen LogP contribution < -0.4 is 5.56 Å². The number of hydrogen-bond acceptors (Lipinski definition) is 5. The van der Waals surface area contributed by atoms with Crippen LogP contribution in [0.1, 0.15) is 30.5 Å². The van der Waals surface area contributed by atoms with Crippen LogP contribution >= 0.6 is 11.8 Å². The number of thioether (sulfide) groups is 1. The molecule has 4 heterocycles. The lowest BCUT2D eigenvalue weighted by atomic mass is 10.1. The molecular weight excluding hydrogens is 384 g/mol. The molecule has 0 radical (unpaired) electrons. The maximum atomic E-state index is 13.2. The molecule has 0 fully saturated rings. The second-order valence-electron chi connectivity index (χ2n) is 7.37. The number of fused-ring (bicyclic) bond motifs is 3. The Morgan fingerprint density at radius 1 is 1.14 bits per heavy atom. The number of nitrogens with zero attached hydrogens (tertiary/aromatic N) is 6. The van der Waals surface area contributed by atoms with Crippen LogP contribution in [-0.2, 0) is 25.8 Å². The van der Waals surface area contributed by atoms with Crippen LogP contribution in [0.2, 0.25) is 0 Å². The van der Waals surface area contributed by atoms with E-state index in [0.29, 0.717) is 11.4 Å². The molecule has 0 saturated carbocycles. The van der Waals surface area contributed by atoms with Crippen LogP contribution in [0, 0.1) is 0 Å². The van der Waals surface area contributed by atoms with E-state index in [1.54, 1.807) is 11.8 Å². The maximum Gasteiger partial charge on any atom is 0.284 e. The quantitative estimate of drug-likeness (QED) is 0.384. The molecule has 8 heteroatoms. The second-order valence-corrected chi connectivity index (χ2v) is 8.31. The van der Waals surface area contributed by atoms with Crippen molar-refractivity contribution in [2.45, 2.75) is 43.1 Å².